The topological polar surface area (TPSA) is 62.2 Å². The number of aromatic nitrogens is 1. The Bertz CT molecular complexity index is 1210. The van der Waals surface area contributed by atoms with Gasteiger partial charge in [0.15, 0.2) is 5.79 Å². The van der Waals surface area contributed by atoms with Gasteiger partial charge in [-0.1, -0.05) is 20.8 Å². The average Bonchev–Trinajstić information content (AvgIpc) is 3.23. The van der Waals surface area contributed by atoms with Crippen LogP contribution in [-0.4, -0.2) is 71.9 Å². The lowest BCUT2D eigenvalue weighted by atomic mass is 9.92. The van der Waals surface area contributed by atoms with Gasteiger partial charge < -0.3 is 23.5 Å². The molecule has 7 nitrogen and oxygen atoms in total. The van der Waals surface area contributed by atoms with Gasteiger partial charge in [0.1, 0.15) is 11.4 Å². The number of morpholine rings is 1. The first-order valence-electron chi connectivity index (χ1n) is 16.1. The number of benzene rings is 1. The van der Waals surface area contributed by atoms with Crippen LogP contribution in [0, 0.1) is 5.82 Å². The van der Waals surface area contributed by atoms with Crippen LogP contribution < -0.4 is 0 Å². The zero-order valence-electron chi connectivity index (χ0n) is 27.6. The number of hydrogen-bond donors (Lipinski definition) is 0. The van der Waals surface area contributed by atoms with Crippen molar-refractivity contribution in [1.82, 2.24) is 9.47 Å². The summed E-state index contributed by atoms with van der Waals surface area (Å²) in [6, 6.07) is 6.93. The number of rotatable bonds is 11. The Morgan fingerprint density at radius 1 is 1.07 bits per heavy atom. The molecule has 0 aliphatic carbocycles. The zero-order chi connectivity index (χ0) is 31.4. The molecule has 0 N–H and O–H groups in total. The Morgan fingerprint density at radius 2 is 1.72 bits per heavy atom. The summed E-state index contributed by atoms with van der Waals surface area (Å²) in [4.78, 5) is 15.1. The third kappa shape index (κ3) is 9.13. The Morgan fingerprint density at radius 3 is 2.33 bits per heavy atom. The van der Waals surface area contributed by atoms with Crippen LogP contribution in [0.15, 0.2) is 24.3 Å². The monoisotopic (exact) mass is 600 g/mol. The van der Waals surface area contributed by atoms with Crippen molar-refractivity contribution in [2.75, 3.05) is 32.8 Å². The Balaban J connectivity index is 1.63. The summed E-state index contributed by atoms with van der Waals surface area (Å²) in [7, 11) is 0. The Labute approximate surface area is 258 Å². The van der Waals surface area contributed by atoms with Gasteiger partial charge in [-0.3, -0.25) is 9.69 Å². The average molecular weight is 601 g/mol. The van der Waals surface area contributed by atoms with Crippen LogP contribution in [0.5, 0.6) is 0 Å². The highest BCUT2D eigenvalue weighted by Crippen LogP contribution is 2.39. The minimum Gasteiger partial charge on any atom is -0.460 e. The summed E-state index contributed by atoms with van der Waals surface area (Å²) in [6.45, 7) is 21.5. The summed E-state index contributed by atoms with van der Waals surface area (Å²) < 4.78 is 40.2. The van der Waals surface area contributed by atoms with E-state index in [0.717, 1.165) is 64.2 Å². The molecule has 240 valence electrons. The van der Waals surface area contributed by atoms with Gasteiger partial charge in [0.2, 0.25) is 0 Å². The SMILES string of the molecule is CCc1c(CCN2CCOCC2)c(C(C)C)c(-c2ccc(F)cc2)n1CC[C@@H]1C[C@H](CC(=O)OC(C)(C)C)OC(C)(C)O1. The highest BCUT2D eigenvalue weighted by atomic mass is 19.1. The first kappa shape index (κ1) is 33.6. The molecule has 0 radical (unpaired) electrons. The van der Waals surface area contributed by atoms with Gasteiger partial charge in [-0.25, -0.2) is 4.39 Å². The van der Waals surface area contributed by atoms with Crippen LogP contribution >= 0.6 is 0 Å². The van der Waals surface area contributed by atoms with Crippen molar-refractivity contribution in [2.45, 2.75) is 124 Å². The number of hydrogen-bond acceptors (Lipinski definition) is 6. The van der Waals surface area contributed by atoms with E-state index in [-0.39, 0.29) is 30.4 Å². The third-order valence-corrected chi connectivity index (χ3v) is 8.25. The predicted octanol–water partition coefficient (Wildman–Crippen LogP) is 6.89. The molecule has 3 heterocycles. The van der Waals surface area contributed by atoms with E-state index in [1.165, 1.54) is 22.5 Å². The molecule has 2 saturated heterocycles. The molecule has 2 aromatic rings. The second-order valence-corrected chi connectivity index (χ2v) is 13.8. The number of nitrogens with zero attached hydrogens (tertiary/aromatic N) is 2. The summed E-state index contributed by atoms with van der Waals surface area (Å²) in [5.74, 6) is -0.975. The summed E-state index contributed by atoms with van der Waals surface area (Å²) in [5, 5.41) is 0. The van der Waals surface area contributed by atoms with E-state index < -0.39 is 11.4 Å². The molecule has 2 aliphatic heterocycles. The van der Waals surface area contributed by atoms with Crippen LogP contribution in [0.25, 0.3) is 11.3 Å². The molecule has 0 spiro atoms. The van der Waals surface area contributed by atoms with Crippen molar-refractivity contribution in [3.05, 3.63) is 46.9 Å². The molecule has 2 atom stereocenters. The highest BCUT2D eigenvalue weighted by molar-refractivity contribution is 5.70. The molecular weight excluding hydrogens is 547 g/mol. The van der Waals surface area contributed by atoms with Gasteiger partial charge in [0, 0.05) is 38.3 Å². The van der Waals surface area contributed by atoms with Gasteiger partial charge in [-0.15, -0.1) is 0 Å². The van der Waals surface area contributed by atoms with Gasteiger partial charge in [0.25, 0.3) is 0 Å². The molecule has 4 rings (SSSR count). The van der Waals surface area contributed by atoms with Crippen molar-refractivity contribution in [3.8, 4) is 11.3 Å². The largest absolute Gasteiger partial charge is 0.460 e. The second-order valence-electron chi connectivity index (χ2n) is 13.8. The van der Waals surface area contributed by atoms with E-state index >= 15 is 0 Å². The molecule has 0 bridgehead atoms. The van der Waals surface area contributed by atoms with Crippen molar-refractivity contribution >= 4 is 5.97 Å². The standard InChI is InChI=1S/C35H53FN2O5/c1-9-30-29(15-16-37-18-20-40-21-19-37)32(24(2)3)33(25-10-12-26(36)13-11-25)38(30)17-14-27-22-28(42-35(7,8)41-27)23-31(39)43-34(4,5)6/h10-13,24,27-28H,9,14-23H2,1-8H3/t27-,28-/m1/s1. The summed E-state index contributed by atoms with van der Waals surface area (Å²) in [5.41, 5.74) is 5.79. The first-order valence-corrected chi connectivity index (χ1v) is 16.1. The molecule has 2 aliphatic rings. The fourth-order valence-electron chi connectivity index (χ4n) is 6.67. The molecule has 2 fully saturated rings. The van der Waals surface area contributed by atoms with Gasteiger partial charge in [-0.2, -0.15) is 0 Å². The summed E-state index contributed by atoms with van der Waals surface area (Å²) >= 11 is 0. The lowest BCUT2D eigenvalue weighted by Gasteiger charge is -2.41. The van der Waals surface area contributed by atoms with Crippen LogP contribution in [0.4, 0.5) is 4.39 Å². The lowest BCUT2D eigenvalue weighted by Crippen LogP contribution is -2.46. The van der Waals surface area contributed by atoms with Crippen LogP contribution in [0.1, 0.15) is 97.4 Å². The van der Waals surface area contributed by atoms with Crippen molar-refractivity contribution in [2.24, 2.45) is 0 Å². The number of esters is 1. The first-order chi connectivity index (χ1) is 20.3. The number of carbonyl (C=O) groups excluding carboxylic acids is 1. The minimum absolute atomic E-state index is 0.0799. The molecule has 1 aromatic heterocycles. The number of ether oxygens (including phenoxy) is 4. The zero-order valence-corrected chi connectivity index (χ0v) is 27.6. The molecular formula is C35H53FN2O5. The van der Waals surface area contributed by atoms with Gasteiger partial charge in [0.05, 0.1) is 37.5 Å². The molecule has 8 heteroatoms. The lowest BCUT2D eigenvalue weighted by molar-refractivity contribution is -0.301. The van der Waals surface area contributed by atoms with Crippen LogP contribution in [0.3, 0.4) is 0 Å². The van der Waals surface area contributed by atoms with E-state index in [1.807, 2.05) is 46.8 Å². The predicted molar refractivity (Wildman–Crippen MR) is 168 cm³/mol. The van der Waals surface area contributed by atoms with Gasteiger partial charge in [-0.05, 0) is 101 Å². The number of carbonyl (C=O) groups is 1. The van der Waals surface area contributed by atoms with E-state index in [4.69, 9.17) is 18.9 Å². The number of halogens is 1. The van der Waals surface area contributed by atoms with Crippen molar-refractivity contribution in [3.63, 3.8) is 0 Å². The fraction of sp³-hybridized carbons (Fsp3) is 0.686. The van der Waals surface area contributed by atoms with Crippen LogP contribution in [0.2, 0.25) is 0 Å². The highest BCUT2D eigenvalue weighted by Gasteiger charge is 2.37. The quantitative estimate of drug-likeness (QED) is 0.262. The van der Waals surface area contributed by atoms with Crippen molar-refractivity contribution < 1.29 is 28.1 Å². The van der Waals surface area contributed by atoms with Gasteiger partial charge >= 0.3 is 5.97 Å². The maximum absolute atomic E-state index is 14.0. The summed E-state index contributed by atoms with van der Waals surface area (Å²) in [6.07, 6.45) is 3.12. The maximum atomic E-state index is 14.0. The normalized spacial score (nSPS) is 21.3. The minimum atomic E-state index is -0.800. The fourth-order valence-corrected chi connectivity index (χ4v) is 6.67. The van der Waals surface area contributed by atoms with Crippen molar-refractivity contribution in [1.29, 1.82) is 0 Å². The molecule has 0 unspecified atom stereocenters. The Hall–Kier alpha value is -2.26. The van der Waals surface area contributed by atoms with E-state index in [2.05, 4.69) is 30.2 Å². The van der Waals surface area contributed by atoms with Crippen LogP contribution in [-0.2, 0) is 43.1 Å². The smallest absolute Gasteiger partial charge is 0.308 e. The Kier molecular flexibility index (Phi) is 11.1. The molecule has 43 heavy (non-hydrogen) atoms. The maximum Gasteiger partial charge on any atom is 0.308 e. The van der Waals surface area contributed by atoms with E-state index in [1.54, 1.807) is 12.1 Å². The molecule has 0 amide bonds. The molecule has 1 aromatic carbocycles. The third-order valence-electron chi connectivity index (χ3n) is 8.25. The van der Waals surface area contributed by atoms with E-state index in [0.29, 0.717) is 12.3 Å². The molecule has 0 saturated carbocycles. The second kappa shape index (κ2) is 14.2. The van der Waals surface area contributed by atoms with E-state index in [9.17, 15) is 9.18 Å².